The maximum atomic E-state index is 3.90. The highest BCUT2D eigenvalue weighted by molar-refractivity contribution is 5.86. The zero-order valence-electron chi connectivity index (χ0n) is 17.9. The minimum atomic E-state index is 0.346. The van der Waals surface area contributed by atoms with Crippen molar-refractivity contribution in [2.75, 3.05) is 26.2 Å². The van der Waals surface area contributed by atoms with E-state index in [-0.39, 0.29) is 0 Å². The van der Waals surface area contributed by atoms with Crippen LogP contribution in [0, 0.1) is 5.92 Å². The van der Waals surface area contributed by atoms with Crippen LogP contribution in [0.1, 0.15) is 49.8 Å². The van der Waals surface area contributed by atoms with E-state index in [1.807, 2.05) is 0 Å². The molecule has 1 heterocycles. The van der Waals surface area contributed by atoms with Crippen molar-refractivity contribution in [3.8, 4) is 0 Å². The van der Waals surface area contributed by atoms with Gasteiger partial charge in [0.05, 0.1) is 0 Å². The average molecular weight is 387 g/mol. The predicted octanol–water partition coefficient (Wildman–Crippen LogP) is 6.01. The lowest BCUT2D eigenvalue weighted by atomic mass is 9.80. The molecule has 152 valence electrons. The number of rotatable bonds is 7. The van der Waals surface area contributed by atoms with Crippen molar-refractivity contribution in [2.45, 2.75) is 38.6 Å². The normalized spacial score (nSPS) is 21.3. The smallest absolute Gasteiger partial charge is 0.0298 e. The van der Waals surface area contributed by atoms with Crippen molar-refractivity contribution in [2.24, 2.45) is 5.92 Å². The molecule has 3 aromatic rings. The maximum Gasteiger partial charge on any atom is 0.0298 e. The van der Waals surface area contributed by atoms with Gasteiger partial charge in [-0.25, -0.2) is 0 Å². The first-order chi connectivity index (χ1) is 14.3. The van der Waals surface area contributed by atoms with Crippen LogP contribution < -0.4 is 5.32 Å². The van der Waals surface area contributed by atoms with Gasteiger partial charge >= 0.3 is 0 Å². The zero-order valence-corrected chi connectivity index (χ0v) is 17.9. The van der Waals surface area contributed by atoms with Gasteiger partial charge in [-0.2, -0.15) is 0 Å². The van der Waals surface area contributed by atoms with Crippen LogP contribution in [0.4, 0.5) is 0 Å². The molecule has 29 heavy (non-hydrogen) atoms. The Hall–Kier alpha value is -2.16. The van der Waals surface area contributed by atoms with E-state index in [1.165, 1.54) is 54.4 Å². The maximum absolute atomic E-state index is 3.90. The second kappa shape index (κ2) is 9.56. The fraction of sp³-hybridized carbons (Fsp3) is 0.407. The first-order valence-electron chi connectivity index (χ1n) is 11.2. The lowest BCUT2D eigenvalue weighted by molar-refractivity contribution is 0.149. The van der Waals surface area contributed by atoms with Crippen molar-refractivity contribution < 1.29 is 0 Å². The zero-order chi connectivity index (χ0) is 20.1. The van der Waals surface area contributed by atoms with Crippen LogP contribution in [0.2, 0.25) is 0 Å². The van der Waals surface area contributed by atoms with Crippen molar-refractivity contribution in [3.63, 3.8) is 0 Å². The Morgan fingerprint density at radius 2 is 1.72 bits per heavy atom. The molecule has 2 nitrogen and oxygen atoms in total. The molecular formula is C27H34N2. The Morgan fingerprint density at radius 3 is 2.55 bits per heavy atom. The molecule has 3 aromatic carbocycles. The van der Waals surface area contributed by atoms with Gasteiger partial charge in [-0.05, 0) is 66.6 Å². The molecule has 0 amide bonds. The third-order valence-corrected chi connectivity index (χ3v) is 6.56. The molecule has 1 fully saturated rings. The lowest BCUT2D eigenvalue weighted by Crippen LogP contribution is -2.44. The highest BCUT2D eigenvalue weighted by Gasteiger charge is 2.30. The number of hydrogen-bond donors (Lipinski definition) is 1. The van der Waals surface area contributed by atoms with Gasteiger partial charge in [-0.1, -0.05) is 79.7 Å². The van der Waals surface area contributed by atoms with Crippen molar-refractivity contribution in [1.82, 2.24) is 10.2 Å². The number of fused-ring (bicyclic) bond motifs is 1. The fourth-order valence-electron chi connectivity index (χ4n) is 5.04. The molecule has 1 aliphatic rings. The number of hydrogen-bond acceptors (Lipinski definition) is 2. The van der Waals surface area contributed by atoms with Gasteiger partial charge in [-0.3, -0.25) is 0 Å². The summed E-state index contributed by atoms with van der Waals surface area (Å²) in [4.78, 5) is 2.66. The predicted molar refractivity (Wildman–Crippen MR) is 124 cm³/mol. The molecule has 0 saturated carbocycles. The Kier molecular flexibility index (Phi) is 6.63. The van der Waals surface area contributed by atoms with Gasteiger partial charge < -0.3 is 10.2 Å². The van der Waals surface area contributed by atoms with Crippen LogP contribution in [-0.4, -0.2) is 31.1 Å². The second-order valence-corrected chi connectivity index (χ2v) is 8.56. The van der Waals surface area contributed by atoms with Gasteiger partial charge in [0.2, 0.25) is 0 Å². The number of nitrogens with one attached hydrogen (secondary N) is 1. The molecule has 1 saturated heterocycles. The average Bonchev–Trinajstić information content (AvgIpc) is 2.78. The summed E-state index contributed by atoms with van der Waals surface area (Å²) in [5.41, 5.74) is 2.91. The van der Waals surface area contributed by atoms with Gasteiger partial charge in [-0.15, -0.1) is 0 Å². The van der Waals surface area contributed by atoms with Crippen molar-refractivity contribution in [3.05, 3.63) is 83.9 Å². The summed E-state index contributed by atoms with van der Waals surface area (Å²) in [6, 6.07) is 26.9. The third-order valence-electron chi connectivity index (χ3n) is 6.56. The van der Waals surface area contributed by atoms with Crippen LogP contribution >= 0.6 is 0 Å². The van der Waals surface area contributed by atoms with Crippen molar-refractivity contribution in [1.29, 1.82) is 0 Å². The summed E-state index contributed by atoms with van der Waals surface area (Å²) in [7, 11) is 0. The molecule has 2 unspecified atom stereocenters. The Morgan fingerprint density at radius 1 is 0.966 bits per heavy atom. The van der Waals surface area contributed by atoms with Crippen molar-refractivity contribution >= 4 is 10.8 Å². The minimum absolute atomic E-state index is 0.346. The summed E-state index contributed by atoms with van der Waals surface area (Å²) < 4.78 is 0. The Bertz CT molecular complexity index is 899. The summed E-state index contributed by atoms with van der Waals surface area (Å²) in [6.07, 6.45) is 2.50. The highest BCUT2D eigenvalue weighted by atomic mass is 15.1. The molecule has 1 N–H and O–H groups in total. The molecule has 2 heteroatoms. The Balaban J connectivity index is 1.50. The molecule has 1 aliphatic heterocycles. The van der Waals surface area contributed by atoms with E-state index in [9.17, 15) is 0 Å². The summed E-state index contributed by atoms with van der Waals surface area (Å²) >= 11 is 0. The largest absolute Gasteiger partial charge is 0.310 e. The van der Waals surface area contributed by atoms with Gasteiger partial charge in [0, 0.05) is 19.1 Å². The lowest BCUT2D eigenvalue weighted by Gasteiger charge is -2.39. The fourth-order valence-corrected chi connectivity index (χ4v) is 5.04. The number of nitrogens with zero attached hydrogens (tertiary/aromatic N) is 1. The van der Waals surface area contributed by atoms with E-state index in [1.54, 1.807) is 0 Å². The summed E-state index contributed by atoms with van der Waals surface area (Å²) in [5, 5.41) is 6.59. The standard InChI is InChI=1S/C27H34N2/c1-3-17-29-18-16-26(22-10-5-4-6-11-22)24(20-29)19-28-21(2)25-15-9-13-23-12-7-8-14-27(23)25/h4-15,21,24,26,28H,3,16-20H2,1-2H3/t21-,24?,26?/m1/s1. The summed E-state index contributed by atoms with van der Waals surface area (Å²) in [5.74, 6) is 1.30. The van der Waals surface area contributed by atoms with Crippen LogP contribution in [0.5, 0.6) is 0 Å². The molecule has 0 aliphatic carbocycles. The van der Waals surface area contributed by atoms with E-state index >= 15 is 0 Å². The minimum Gasteiger partial charge on any atom is -0.310 e. The van der Waals surface area contributed by atoms with E-state index < -0.39 is 0 Å². The first kappa shape index (κ1) is 20.1. The second-order valence-electron chi connectivity index (χ2n) is 8.56. The highest BCUT2D eigenvalue weighted by Crippen LogP contribution is 2.33. The molecule has 0 bridgehead atoms. The van der Waals surface area contributed by atoms with E-state index in [0.717, 1.165) is 6.54 Å². The molecule has 4 rings (SSSR count). The quantitative estimate of drug-likeness (QED) is 0.535. The monoisotopic (exact) mass is 386 g/mol. The summed E-state index contributed by atoms with van der Waals surface area (Å²) in [6.45, 7) is 9.30. The number of piperidine rings is 1. The third kappa shape index (κ3) is 4.71. The number of likely N-dealkylation sites (tertiary alicyclic amines) is 1. The topological polar surface area (TPSA) is 15.3 Å². The van der Waals surface area contributed by atoms with E-state index in [0.29, 0.717) is 17.9 Å². The SMILES string of the molecule is CCCN1CCC(c2ccccc2)C(CN[C@H](C)c2cccc3ccccc23)C1. The molecule has 0 aromatic heterocycles. The Labute approximate surface area is 175 Å². The molecule has 0 spiro atoms. The number of benzene rings is 3. The van der Waals surface area contributed by atoms with E-state index in [4.69, 9.17) is 0 Å². The van der Waals surface area contributed by atoms with Gasteiger partial charge in [0.15, 0.2) is 0 Å². The van der Waals surface area contributed by atoms with Gasteiger partial charge in [0.1, 0.15) is 0 Å². The van der Waals surface area contributed by atoms with Crippen LogP contribution in [0.25, 0.3) is 10.8 Å². The van der Waals surface area contributed by atoms with Crippen LogP contribution in [0.15, 0.2) is 72.8 Å². The molecule has 0 radical (unpaired) electrons. The van der Waals surface area contributed by atoms with Crippen LogP contribution in [-0.2, 0) is 0 Å². The van der Waals surface area contributed by atoms with Gasteiger partial charge in [0.25, 0.3) is 0 Å². The first-order valence-corrected chi connectivity index (χ1v) is 11.2. The van der Waals surface area contributed by atoms with Crippen LogP contribution in [0.3, 0.4) is 0 Å². The van der Waals surface area contributed by atoms with E-state index in [2.05, 4.69) is 96.9 Å². The molecule has 3 atom stereocenters. The molecular weight excluding hydrogens is 352 g/mol.